The van der Waals surface area contributed by atoms with Crippen molar-refractivity contribution in [1.29, 1.82) is 0 Å². The van der Waals surface area contributed by atoms with Crippen molar-refractivity contribution in [2.45, 2.75) is 25.9 Å². The molecule has 0 saturated carbocycles. The van der Waals surface area contributed by atoms with Crippen molar-refractivity contribution in [3.05, 3.63) is 60.1 Å². The Hall–Kier alpha value is -3.09. The van der Waals surface area contributed by atoms with Crippen LogP contribution in [0.1, 0.15) is 29.3 Å². The van der Waals surface area contributed by atoms with E-state index in [-0.39, 0.29) is 24.8 Å². The largest absolute Gasteiger partial charge is 0.472 e. The first kappa shape index (κ1) is 18.3. The molecule has 3 amide bonds. The van der Waals surface area contributed by atoms with Crippen molar-refractivity contribution in [2.75, 3.05) is 6.54 Å². The second-order valence-electron chi connectivity index (χ2n) is 5.51. The maximum absolute atomic E-state index is 11.9. The summed E-state index contributed by atoms with van der Waals surface area (Å²) in [6.45, 7) is 2.22. The first-order chi connectivity index (χ1) is 12.1. The van der Waals surface area contributed by atoms with Crippen LogP contribution < -0.4 is 16.0 Å². The molecule has 0 aliphatic rings. The highest BCUT2D eigenvalue weighted by Gasteiger charge is 2.17. The first-order valence-electron chi connectivity index (χ1n) is 7.97. The molecular weight excluding hydrogens is 322 g/mol. The fraction of sp³-hybridized carbons (Fsp3) is 0.278. The van der Waals surface area contributed by atoms with E-state index in [0.717, 1.165) is 5.56 Å². The lowest BCUT2D eigenvalue weighted by Gasteiger charge is -2.13. The van der Waals surface area contributed by atoms with E-state index in [1.165, 1.54) is 18.6 Å². The van der Waals surface area contributed by atoms with Gasteiger partial charge in [0.15, 0.2) is 0 Å². The molecule has 2 rings (SSSR count). The van der Waals surface area contributed by atoms with E-state index >= 15 is 0 Å². The van der Waals surface area contributed by atoms with E-state index in [1.807, 2.05) is 30.3 Å². The molecular formula is C18H21N3O4. The molecule has 0 radical (unpaired) electrons. The zero-order chi connectivity index (χ0) is 18.1. The molecule has 1 unspecified atom stereocenters. The van der Waals surface area contributed by atoms with E-state index in [9.17, 15) is 14.4 Å². The third kappa shape index (κ3) is 6.14. The summed E-state index contributed by atoms with van der Waals surface area (Å²) in [5, 5.41) is 7.96. The number of hydrogen-bond acceptors (Lipinski definition) is 4. The summed E-state index contributed by atoms with van der Waals surface area (Å²) in [6, 6.07) is 10.4. The van der Waals surface area contributed by atoms with Gasteiger partial charge >= 0.3 is 0 Å². The van der Waals surface area contributed by atoms with Gasteiger partial charge in [-0.1, -0.05) is 30.3 Å². The number of furan rings is 1. The van der Waals surface area contributed by atoms with E-state index in [4.69, 9.17) is 4.42 Å². The summed E-state index contributed by atoms with van der Waals surface area (Å²) < 4.78 is 4.82. The lowest BCUT2D eigenvalue weighted by Crippen LogP contribution is -2.45. The molecule has 1 aromatic carbocycles. The van der Waals surface area contributed by atoms with E-state index in [2.05, 4.69) is 16.0 Å². The number of carbonyl (C=O) groups excluding carboxylic acids is 3. The average Bonchev–Trinajstić information content (AvgIpc) is 3.15. The van der Waals surface area contributed by atoms with Crippen LogP contribution in [-0.4, -0.2) is 30.3 Å². The zero-order valence-corrected chi connectivity index (χ0v) is 14.0. The molecule has 2 aromatic rings. The maximum Gasteiger partial charge on any atom is 0.255 e. The normalized spacial score (nSPS) is 11.4. The Morgan fingerprint density at radius 3 is 2.52 bits per heavy atom. The van der Waals surface area contributed by atoms with Gasteiger partial charge in [-0.3, -0.25) is 14.4 Å². The third-order valence-corrected chi connectivity index (χ3v) is 3.51. The van der Waals surface area contributed by atoms with Crippen LogP contribution >= 0.6 is 0 Å². The number of hydrogen-bond donors (Lipinski definition) is 3. The third-order valence-electron chi connectivity index (χ3n) is 3.51. The molecule has 0 bridgehead atoms. The van der Waals surface area contributed by atoms with Crippen molar-refractivity contribution in [2.24, 2.45) is 0 Å². The molecule has 0 fully saturated rings. The number of benzene rings is 1. The number of rotatable bonds is 8. The minimum Gasteiger partial charge on any atom is -0.472 e. The van der Waals surface area contributed by atoms with Gasteiger partial charge in [0, 0.05) is 19.5 Å². The molecule has 25 heavy (non-hydrogen) atoms. The molecule has 1 heterocycles. The smallest absolute Gasteiger partial charge is 0.255 e. The molecule has 0 aliphatic heterocycles. The number of carbonyl (C=O) groups is 3. The van der Waals surface area contributed by atoms with Gasteiger partial charge in [-0.25, -0.2) is 0 Å². The molecule has 1 atom stereocenters. The van der Waals surface area contributed by atoms with Gasteiger partial charge in [0.05, 0.1) is 11.8 Å². The summed E-state index contributed by atoms with van der Waals surface area (Å²) in [5.74, 6) is -0.899. The highest BCUT2D eigenvalue weighted by molar-refractivity contribution is 5.97. The van der Waals surface area contributed by atoms with Crippen LogP contribution in [0.2, 0.25) is 0 Å². The summed E-state index contributed by atoms with van der Waals surface area (Å²) in [6.07, 6.45) is 2.85. The zero-order valence-electron chi connectivity index (χ0n) is 14.0. The van der Waals surface area contributed by atoms with Crippen LogP contribution in [0.5, 0.6) is 0 Å². The van der Waals surface area contributed by atoms with Crippen LogP contribution in [0.3, 0.4) is 0 Å². The molecule has 3 N–H and O–H groups in total. The van der Waals surface area contributed by atoms with E-state index < -0.39 is 11.9 Å². The Morgan fingerprint density at radius 2 is 1.84 bits per heavy atom. The lowest BCUT2D eigenvalue weighted by atomic mass is 10.2. The SMILES string of the molecule is CC(NC(=O)c1ccoc1)C(=O)NCCC(=O)NCc1ccccc1. The lowest BCUT2D eigenvalue weighted by molar-refractivity contribution is -0.123. The quantitative estimate of drug-likeness (QED) is 0.671. The Morgan fingerprint density at radius 1 is 1.08 bits per heavy atom. The topological polar surface area (TPSA) is 100 Å². The summed E-state index contributed by atoms with van der Waals surface area (Å²) in [7, 11) is 0. The molecule has 1 aromatic heterocycles. The van der Waals surface area contributed by atoms with Crippen molar-refractivity contribution in [1.82, 2.24) is 16.0 Å². The summed E-state index contributed by atoms with van der Waals surface area (Å²) >= 11 is 0. The minimum absolute atomic E-state index is 0.153. The van der Waals surface area contributed by atoms with Crippen molar-refractivity contribution in [3.63, 3.8) is 0 Å². The van der Waals surface area contributed by atoms with Gasteiger partial charge in [-0.05, 0) is 18.6 Å². The van der Waals surface area contributed by atoms with E-state index in [1.54, 1.807) is 6.92 Å². The number of nitrogens with one attached hydrogen (secondary N) is 3. The summed E-state index contributed by atoms with van der Waals surface area (Å²) in [5.41, 5.74) is 1.36. The average molecular weight is 343 g/mol. The molecule has 7 nitrogen and oxygen atoms in total. The van der Waals surface area contributed by atoms with Crippen LogP contribution in [0, 0.1) is 0 Å². The van der Waals surface area contributed by atoms with Crippen molar-refractivity contribution >= 4 is 17.7 Å². The van der Waals surface area contributed by atoms with E-state index in [0.29, 0.717) is 12.1 Å². The van der Waals surface area contributed by atoms with Crippen LogP contribution in [-0.2, 0) is 16.1 Å². The van der Waals surface area contributed by atoms with Gasteiger partial charge in [0.1, 0.15) is 12.3 Å². The Kier molecular flexibility index (Phi) is 6.76. The first-order valence-corrected chi connectivity index (χ1v) is 7.97. The van der Waals surface area contributed by atoms with Gasteiger partial charge in [0.25, 0.3) is 5.91 Å². The van der Waals surface area contributed by atoms with Crippen molar-refractivity contribution in [3.8, 4) is 0 Å². The Labute approximate surface area is 145 Å². The van der Waals surface area contributed by atoms with Crippen LogP contribution in [0.25, 0.3) is 0 Å². The molecule has 0 spiro atoms. The monoisotopic (exact) mass is 343 g/mol. The second kappa shape index (κ2) is 9.27. The van der Waals surface area contributed by atoms with Gasteiger partial charge in [-0.15, -0.1) is 0 Å². The fourth-order valence-electron chi connectivity index (χ4n) is 2.08. The minimum atomic E-state index is -0.713. The van der Waals surface area contributed by atoms with Gasteiger partial charge in [0.2, 0.25) is 11.8 Å². The van der Waals surface area contributed by atoms with Crippen molar-refractivity contribution < 1.29 is 18.8 Å². The molecule has 132 valence electrons. The van der Waals surface area contributed by atoms with Crippen LogP contribution in [0.4, 0.5) is 0 Å². The fourth-order valence-corrected chi connectivity index (χ4v) is 2.08. The second-order valence-corrected chi connectivity index (χ2v) is 5.51. The predicted molar refractivity (Wildman–Crippen MR) is 91.6 cm³/mol. The molecule has 0 aliphatic carbocycles. The summed E-state index contributed by atoms with van der Waals surface area (Å²) in [4.78, 5) is 35.5. The predicted octanol–water partition coefficient (Wildman–Crippen LogP) is 1.22. The highest BCUT2D eigenvalue weighted by Crippen LogP contribution is 2.00. The standard InChI is InChI=1S/C18H21N3O4/c1-13(21-18(24)15-8-10-25-12-15)17(23)19-9-7-16(22)20-11-14-5-3-2-4-6-14/h2-6,8,10,12-13H,7,9,11H2,1H3,(H,19,23)(H,20,22)(H,21,24). The van der Waals surface area contributed by atoms with Crippen LogP contribution in [0.15, 0.2) is 53.3 Å². The van der Waals surface area contributed by atoms with Gasteiger partial charge in [-0.2, -0.15) is 0 Å². The highest BCUT2D eigenvalue weighted by atomic mass is 16.3. The Bertz CT molecular complexity index is 698. The van der Waals surface area contributed by atoms with Gasteiger partial charge < -0.3 is 20.4 Å². The molecule has 7 heteroatoms. The molecule has 0 saturated heterocycles. The number of amides is 3. The Balaban J connectivity index is 1.64. The maximum atomic E-state index is 11.9.